The first kappa shape index (κ1) is 18.2. The van der Waals surface area contributed by atoms with Crippen LogP contribution >= 0.6 is 23.2 Å². The van der Waals surface area contributed by atoms with Gasteiger partial charge in [-0.15, -0.1) is 0 Å². The van der Waals surface area contributed by atoms with Gasteiger partial charge in [0.2, 0.25) is 0 Å². The largest absolute Gasteiger partial charge is 0.426 e. The van der Waals surface area contributed by atoms with Gasteiger partial charge in [-0.3, -0.25) is 9.59 Å². The molecule has 24 heavy (non-hydrogen) atoms. The molecule has 0 heterocycles. The highest BCUT2D eigenvalue weighted by Crippen LogP contribution is 2.26. The summed E-state index contributed by atoms with van der Waals surface area (Å²) in [4.78, 5) is 23.4. The van der Waals surface area contributed by atoms with Crippen LogP contribution in [-0.2, 0) is 4.79 Å². The predicted molar refractivity (Wildman–Crippen MR) is 85.4 cm³/mol. The van der Waals surface area contributed by atoms with Gasteiger partial charge in [-0.05, 0) is 24.3 Å². The number of carbonyl (C=O) groups is 2. The Morgan fingerprint density at radius 1 is 1.04 bits per heavy atom. The van der Waals surface area contributed by atoms with Gasteiger partial charge in [0.1, 0.15) is 17.4 Å². The maximum atomic E-state index is 13.4. The second kappa shape index (κ2) is 8.08. The van der Waals surface area contributed by atoms with Gasteiger partial charge in [0.05, 0.1) is 22.0 Å². The first-order chi connectivity index (χ1) is 11.4. The lowest BCUT2D eigenvalue weighted by atomic mass is 10.2. The molecule has 0 spiro atoms. The Hall–Kier alpha value is -2.18. The summed E-state index contributed by atoms with van der Waals surface area (Å²) in [5.74, 6) is -2.92. The van der Waals surface area contributed by atoms with Crippen molar-refractivity contribution in [3.63, 3.8) is 0 Å². The van der Waals surface area contributed by atoms with E-state index in [1.165, 1.54) is 18.2 Å². The Morgan fingerprint density at radius 2 is 1.79 bits per heavy atom. The van der Waals surface area contributed by atoms with Crippen molar-refractivity contribution in [2.45, 2.75) is 6.42 Å². The van der Waals surface area contributed by atoms with E-state index in [0.717, 1.165) is 12.1 Å². The fourth-order valence-electron chi connectivity index (χ4n) is 1.77. The summed E-state index contributed by atoms with van der Waals surface area (Å²) in [6.07, 6.45) is -0.144. The molecule has 0 unspecified atom stereocenters. The molecule has 4 nitrogen and oxygen atoms in total. The number of esters is 1. The molecule has 0 aliphatic carbocycles. The number of ether oxygens (including phenoxy) is 1. The van der Waals surface area contributed by atoms with E-state index in [2.05, 4.69) is 5.32 Å². The molecule has 0 radical (unpaired) electrons. The number of nitrogens with one attached hydrogen (secondary N) is 1. The van der Waals surface area contributed by atoms with Crippen LogP contribution in [0.5, 0.6) is 5.75 Å². The van der Waals surface area contributed by atoms with Crippen LogP contribution in [0.3, 0.4) is 0 Å². The Kier molecular flexibility index (Phi) is 6.11. The Labute approximate surface area is 146 Å². The summed E-state index contributed by atoms with van der Waals surface area (Å²) in [6.45, 7) is -0.0736. The second-order valence-corrected chi connectivity index (χ2v) is 5.49. The van der Waals surface area contributed by atoms with Crippen LogP contribution in [0.25, 0.3) is 0 Å². The van der Waals surface area contributed by atoms with Crippen LogP contribution in [0.2, 0.25) is 10.0 Å². The van der Waals surface area contributed by atoms with Crippen molar-refractivity contribution in [1.82, 2.24) is 5.32 Å². The third-order valence-corrected chi connectivity index (χ3v) is 3.65. The number of carbonyl (C=O) groups excluding carboxylic acids is 2. The van der Waals surface area contributed by atoms with E-state index in [0.29, 0.717) is 11.1 Å². The topological polar surface area (TPSA) is 55.4 Å². The molecule has 126 valence electrons. The highest BCUT2D eigenvalue weighted by molar-refractivity contribution is 6.42. The zero-order chi connectivity index (χ0) is 17.7. The Bertz CT molecular complexity index is 784. The van der Waals surface area contributed by atoms with Crippen LogP contribution in [0.15, 0.2) is 36.4 Å². The van der Waals surface area contributed by atoms with Gasteiger partial charge >= 0.3 is 5.97 Å². The summed E-state index contributed by atoms with van der Waals surface area (Å²) in [5.41, 5.74) is -0.311. The first-order valence-corrected chi connectivity index (χ1v) is 7.51. The van der Waals surface area contributed by atoms with E-state index >= 15 is 0 Å². The molecule has 8 heteroatoms. The van der Waals surface area contributed by atoms with Gasteiger partial charge in [-0.2, -0.15) is 0 Å². The number of amides is 1. The van der Waals surface area contributed by atoms with Crippen LogP contribution in [-0.4, -0.2) is 18.4 Å². The van der Waals surface area contributed by atoms with Gasteiger partial charge in [0.15, 0.2) is 0 Å². The van der Waals surface area contributed by atoms with Crippen molar-refractivity contribution in [2.24, 2.45) is 0 Å². The van der Waals surface area contributed by atoms with Gasteiger partial charge in [0.25, 0.3) is 5.91 Å². The van der Waals surface area contributed by atoms with Crippen molar-refractivity contribution >= 4 is 35.1 Å². The molecule has 0 bridgehead atoms. The molecule has 2 aromatic carbocycles. The summed E-state index contributed by atoms with van der Waals surface area (Å²) in [6, 6.07) is 6.93. The number of rotatable bonds is 5. The fourth-order valence-corrected chi connectivity index (χ4v) is 2.06. The monoisotopic (exact) mass is 373 g/mol. The van der Waals surface area contributed by atoms with Gasteiger partial charge in [0, 0.05) is 18.7 Å². The summed E-state index contributed by atoms with van der Waals surface area (Å²) < 4.78 is 31.2. The SMILES string of the molecule is O=C(CCNC(=O)c1ccc(F)cc1F)Oc1ccc(Cl)c(Cl)c1. The zero-order valence-electron chi connectivity index (χ0n) is 12.1. The number of hydrogen-bond donors (Lipinski definition) is 1. The smallest absolute Gasteiger partial charge is 0.312 e. The maximum absolute atomic E-state index is 13.4. The normalized spacial score (nSPS) is 10.3. The van der Waals surface area contributed by atoms with Crippen molar-refractivity contribution in [3.05, 3.63) is 63.6 Å². The second-order valence-electron chi connectivity index (χ2n) is 4.68. The van der Waals surface area contributed by atoms with Crippen LogP contribution in [0.1, 0.15) is 16.8 Å². The van der Waals surface area contributed by atoms with Crippen LogP contribution in [0, 0.1) is 11.6 Å². The number of hydrogen-bond acceptors (Lipinski definition) is 3. The van der Waals surface area contributed by atoms with Crippen LogP contribution < -0.4 is 10.1 Å². The van der Waals surface area contributed by atoms with Crippen molar-refractivity contribution in [1.29, 1.82) is 0 Å². The molecule has 0 saturated heterocycles. The van der Waals surface area contributed by atoms with Crippen molar-refractivity contribution < 1.29 is 23.1 Å². The molecule has 1 amide bonds. The number of halogens is 4. The highest BCUT2D eigenvalue weighted by atomic mass is 35.5. The molecule has 0 aromatic heterocycles. The molecular weight excluding hydrogens is 363 g/mol. The summed E-state index contributed by atoms with van der Waals surface area (Å²) in [5, 5.41) is 2.91. The van der Waals surface area contributed by atoms with E-state index < -0.39 is 23.5 Å². The van der Waals surface area contributed by atoms with E-state index in [4.69, 9.17) is 27.9 Å². The lowest BCUT2D eigenvalue weighted by Crippen LogP contribution is -2.27. The average Bonchev–Trinajstić information content (AvgIpc) is 2.50. The molecule has 0 fully saturated rings. The Morgan fingerprint density at radius 3 is 2.46 bits per heavy atom. The van der Waals surface area contributed by atoms with Gasteiger partial charge in [-0.1, -0.05) is 23.2 Å². The molecule has 0 atom stereocenters. The predicted octanol–water partition coefficient (Wildman–Crippen LogP) is 4.00. The quantitative estimate of drug-likeness (QED) is 0.636. The number of benzene rings is 2. The first-order valence-electron chi connectivity index (χ1n) is 6.76. The molecule has 2 aromatic rings. The lowest BCUT2D eigenvalue weighted by molar-refractivity contribution is -0.134. The van der Waals surface area contributed by atoms with Gasteiger partial charge < -0.3 is 10.1 Å². The molecule has 1 N–H and O–H groups in total. The Balaban J connectivity index is 1.83. The van der Waals surface area contributed by atoms with Crippen molar-refractivity contribution in [3.8, 4) is 5.75 Å². The molecule has 2 rings (SSSR count). The third kappa shape index (κ3) is 4.91. The molecular formula is C16H11Cl2F2NO3. The minimum Gasteiger partial charge on any atom is -0.426 e. The minimum atomic E-state index is -0.981. The zero-order valence-corrected chi connectivity index (χ0v) is 13.6. The standard InChI is InChI=1S/C16H11Cl2F2NO3/c17-12-4-2-10(8-13(12)18)24-15(22)5-6-21-16(23)11-3-1-9(19)7-14(11)20/h1-4,7-8H,5-6H2,(H,21,23). The van der Waals surface area contributed by atoms with E-state index in [-0.39, 0.29) is 29.3 Å². The molecule has 0 aliphatic heterocycles. The van der Waals surface area contributed by atoms with Crippen molar-refractivity contribution in [2.75, 3.05) is 6.54 Å². The summed E-state index contributed by atoms with van der Waals surface area (Å²) in [7, 11) is 0. The third-order valence-electron chi connectivity index (χ3n) is 2.91. The van der Waals surface area contributed by atoms with Crippen LogP contribution in [0.4, 0.5) is 8.78 Å². The average molecular weight is 374 g/mol. The fraction of sp³-hybridized carbons (Fsp3) is 0.125. The van der Waals surface area contributed by atoms with E-state index in [1.54, 1.807) is 0 Å². The molecule has 0 saturated carbocycles. The summed E-state index contributed by atoms with van der Waals surface area (Å²) >= 11 is 11.5. The minimum absolute atomic E-state index is 0.0736. The highest BCUT2D eigenvalue weighted by Gasteiger charge is 2.13. The maximum Gasteiger partial charge on any atom is 0.312 e. The molecule has 0 aliphatic rings. The lowest BCUT2D eigenvalue weighted by Gasteiger charge is -2.07. The van der Waals surface area contributed by atoms with Gasteiger partial charge in [-0.25, -0.2) is 8.78 Å². The van der Waals surface area contributed by atoms with E-state index in [1.807, 2.05) is 0 Å². The van der Waals surface area contributed by atoms with E-state index in [9.17, 15) is 18.4 Å².